The molecular formula is C14H14F3N3O2. The summed E-state index contributed by atoms with van der Waals surface area (Å²) >= 11 is 0. The minimum absolute atomic E-state index is 0.113. The molecule has 0 saturated carbocycles. The zero-order valence-electron chi connectivity index (χ0n) is 11.8. The number of rotatable bonds is 5. The van der Waals surface area contributed by atoms with Gasteiger partial charge in [0.25, 0.3) is 0 Å². The predicted octanol–water partition coefficient (Wildman–Crippen LogP) is 2.61. The molecule has 2 rings (SSSR count). The van der Waals surface area contributed by atoms with Gasteiger partial charge in [0.05, 0.1) is 18.7 Å². The lowest BCUT2D eigenvalue weighted by Crippen LogP contribution is -2.21. The highest BCUT2D eigenvalue weighted by Crippen LogP contribution is 2.28. The summed E-state index contributed by atoms with van der Waals surface area (Å²) in [7, 11) is 0. The molecule has 0 aliphatic rings. The van der Waals surface area contributed by atoms with E-state index in [1.807, 2.05) is 0 Å². The number of ether oxygens (including phenoxy) is 1. The molecule has 0 fully saturated rings. The van der Waals surface area contributed by atoms with Gasteiger partial charge in [-0.15, -0.1) is 5.10 Å². The molecule has 5 nitrogen and oxygen atoms in total. The van der Waals surface area contributed by atoms with E-state index < -0.39 is 25.1 Å². The van der Waals surface area contributed by atoms with Gasteiger partial charge >= 0.3 is 12.1 Å². The number of nitrogens with zero attached hydrogens (tertiary/aromatic N) is 3. The summed E-state index contributed by atoms with van der Waals surface area (Å²) in [5, 5.41) is 7.45. The largest absolute Gasteiger partial charge is 0.465 e. The van der Waals surface area contributed by atoms with Crippen molar-refractivity contribution in [2.45, 2.75) is 26.1 Å². The average Bonchev–Trinajstić information content (AvgIpc) is 2.81. The number of hydrogen-bond acceptors (Lipinski definition) is 4. The Morgan fingerprint density at radius 3 is 2.55 bits per heavy atom. The molecule has 1 aromatic heterocycles. The zero-order valence-corrected chi connectivity index (χ0v) is 11.8. The van der Waals surface area contributed by atoms with Gasteiger partial charge in [0.15, 0.2) is 0 Å². The van der Waals surface area contributed by atoms with Crippen molar-refractivity contribution in [2.24, 2.45) is 0 Å². The van der Waals surface area contributed by atoms with E-state index in [0.29, 0.717) is 5.56 Å². The molecule has 0 radical (unpaired) electrons. The van der Waals surface area contributed by atoms with Crippen LogP contribution in [0.5, 0.6) is 0 Å². The van der Waals surface area contributed by atoms with E-state index in [1.165, 1.54) is 0 Å². The van der Waals surface area contributed by atoms with Gasteiger partial charge < -0.3 is 4.74 Å². The standard InChI is InChI=1S/C14H14F3N3O2/c1-2-22-12(21)9-20-11(8-14(15,16)17)13(18-19-20)10-6-4-3-5-7-10/h3-7H,2,8-9H2,1H3. The van der Waals surface area contributed by atoms with Crippen LogP contribution in [-0.4, -0.2) is 33.7 Å². The fraction of sp³-hybridized carbons (Fsp3) is 0.357. The molecule has 2 aromatic rings. The molecule has 0 N–H and O–H groups in total. The number of carbonyl (C=O) groups excluding carboxylic acids is 1. The van der Waals surface area contributed by atoms with Crippen molar-refractivity contribution in [3.8, 4) is 11.3 Å². The predicted molar refractivity (Wildman–Crippen MR) is 71.9 cm³/mol. The first-order chi connectivity index (χ1) is 10.4. The van der Waals surface area contributed by atoms with Crippen molar-refractivity contribution in [1.82, 2.24) is 15.0 Å². The Kier molecular flexibility index (Phi) is 4.79. The van der Waals surface area contributed by atoms with Crippen LogP contribution in [0.1, 0.15) is 12.6 Å². The molecule has 0 amide bonds. The van der Waals surface area contributed by atoms with Crippen LogP contribution in [0.25, 0.3) is 11.3 Å². The normalized spacial score (nSPS) is 11.5. The summed E-state index contributed by atoms with van der Waals surface area (Å²) in [5.74, 6) is -0.657. The van der Waals surface area contributed by atoms with Crippen LogP contribution >= 0.6 is 0 Å². The number of aromatic nitrogens is 3. The second kappa shape index (κ2) is 6.59. The molecule has 0 aliphatic carbocycles. The highest BCUT2D eigenvalue weighted by molar-refractivity contribution is 5.70. The minimum Gasteiger partial charge on any atom is -0.465 e. The van der Waals surface area contributed by atoms with Crippen molar-refractivity contribution in [1.29, 1.82) is 0 Å². The SMILES string of the molecule is CCOC(=O)Cn1nnc(-c2ccccc2)c1CC(F)(F)F. The lowest BCUT2D eigenvalue weighted by molar-refractivity contribution is -0.144. The first kappa shape index (κ1) is 16.0. The maximum absolute atomic E-state index is 12.8. The number of hydrogen-bond donors (Lipinski definition) is 0. The van der Waals surface area contributed by atoms with E-state index in [-0.39, 0.29) is 18.0 Å². The van der Waals surface area contributed by atoms with Crippen LogP contribution in [0.4, 0.5) is 13.2 Å². The molecule has 0 spiro atoms. The second-order valence-electron chi connectivity index (χ2n) is 4.51. The average molecular weight is 313 g/mol. The molecule has 0 unspecified atom stereocenters. The fourth-order valence-corrected chi connectivity index (χ4v) is 1.97. The summed E-state index contributed by atoms with van der Waals surface area (Å²) in [4.78, 5) is 11.5. The minimum atomic E-state index is -4.43. The Balaban J connectivity index is 2.38. The Labute approximate surface area is 124 Å². The smallest absolute Gasteiger partial charge is 0.394 e. The van der Waals surface area contributed by atoms with E-state index in [0.717, 1.165) is 4.68 Å². The van der Waals surface area contributed by atoms with E-state index >= 15 is 0 Å². The number of halogens is 3. The molecular weight excluding hydrogens is 299 g/mol. The molecule has 1 heterocycles. The Morgan fingerprint density at radius 1 is 1.27 bits per heavy atom. The number of esters is 1. The summed E-state index contributed by atoms with van der Waals surface area (Å²) < 4.78 is 44.1. The lowest BCUT2D eigenvalue weighted by Gasteiger charge is -2.10. The number of benzene rings is 1. The van der Waals surface area contributed by atoms with Crippen LogP contribution in [0.2, 0.25) is 0 Å². The van der Waals surface area contributed by atoms with Gasteiger partial charge in [-0.3, -0.25) is 4.79 Å². The molecule has 0 atom stereocenters. The molecule has 0 bridgehead atoms. The first-order valence-corrected chi connectivity index (χ1v) is 6.61. The van der Waals surface area contributed by atoms with Gasteiger partial charge in [0, 0.05) is 5.56 Å². The summed E-state index contributed by atoms with van der Waals surface area (Å²) in [6.45, 7) is 1.36. The van der Waals surface area contributed by atoms with Crippen LogP contribution in [0.3, 0.4) is 0 Å². The van der Waals surface area contributed by atoms with E-state index in [4.69, 9.17) is 4.74 Å². The maximum atomic E-state index is 12.8. The third kappa shape index (κ3) is 4.06. The molecule has 22 heavy (non-hydrogen) atoms. The Bertz CT molecular complexity index is 639. The van der Waals surface area contributed by atoms with E-state index in [1.54, 1.807) is 37.3 Å². The van der Waals surface area contributed by atoms with Crippen molar-refractivity contribution in [2.75, 3.05) is 6.61 Å². The third-order valence-electron chi connectivity index (χ3n) is 2.84. The van der Waals surface area contributed by atoms with Crippen molar-refractivity contribution < 1.29 is 22.7 Å². The zero-order chi connectivity index (χ0) is 16.2. The molecule has 118 valence electrons. The van der Waals surface area contributed by atoms with Gasteiger partial charge in [-0.05, 0) is 6.92 Å². The van der Waals surface area contributed by atoms with Crippen molar-refractivity contribution in [3.63, 3.8) is 0 Å². The van der Waals surface area contributed by atoms with Crippen LogP contribution < -0.4 is 0 Å². The van der Waals surface area contributed by atoms with Gasteiger partial charge in [-0.2, -0.15) is 13.2 Å². The topological polar surface area (TPSA) is 57.0 Å². The Morgan fingerprint density at radius 2 is 1.95 bits per heavy atom. The first-order valence-electron chi connectivity index (χ1n) is 6.61. The fourth-order valence-electron chi connectivity index (χ4n) is 1.97. The maximum Gasteiger partial charge on any atom is 0.394 e. The van der Waals surface area contributed by atoms with Crippen LogP contribution in [0.15, 0.2) is 30.3 Å². The second-order valence-corrected chi connectivity index (χ2v) is 4.51. The quantitative estimate of drug-likeness (QED) is 0.796. The molecule has 0 saturated heterocycles. The van der Waals surface area contributed by atoms with Crippen LogP contribution in [0, 0.1) is 0 Å². The van der Waals surface area contributed by atoms with E-state index in [2.05, 4.69) is 10.3 Å². The highest BCUT2D eigenvalue weighted by atomic mass is 19.4. The monoisotopic (exact) mass is 313 g/mol. The van der Waals surface area contributed by atoms with Crippen LogP contribution in [-0.2, 0) is 22.5 Å². The summed E-state index contributed by atoms with van der Waals surface area (Å²) in [6.07, 6.45) is -5.65. The summed E-state index contributed by atoms with van der Waals surface area (Å²) in [5.41, 5.74) is 0.464. The van der Waals surface area contributed by atoms with Gasteiger partial charge in [0.1, 0.15) is 12.2 Å². The lowest BCUT2D eigenvalue weighted by atomic mass is 10.1. The van der Waals surface area contributed by atoms with Gasteiger partial charge in [-0.25, -0.2) is 4.68 Å². The van der Waals surface area contributed by atoms with Crippen molar-refractivity contribution >= 4 is 5.97 Å². The highest BCUT2D eigenvalue weighted by Gasteiger charge is 2.32. The third-order valence-corrected chi connectivity index (χ3v) is 2.84. The molecule has 0 aliphatic heterocycles. The number of carbonyl (C=O) groups is 1. The van der Waals surface area contributed by atoms with E-state index in [9.17, 15) is 18.0 Å². The molecule has 8 heteroatoms. The Hall–Kier alpha value is -2.38. The molecule has 1 aromatic carbocycles. The summed E-state index contributed by atoms with van der Waals surface area (Å²) in [6, 6.07) is 8.40. The number of alkyl halides is 3. The van der Waals surface area contributed by atoms with Gasteiger partial charge in [-0.1, -0.05) is 35.5 Å². The van der Waals surface area contributed by atoms with Gasteiger partial charge in [0.2, 0.25) is 0 Å². The van der Waals surface area contributed by atoms with Crippen molar-refractivity contribution in [3.05, 3.63) is 36.0 Å².